The first-order valence-electron chi connectivity index (χ1n) is 7.87. The number of aromatic amines is 1. The number of amides is 2. The number of likely N-dealkylation sites (tertiary alicyclic amines) is 1. The number of aromatic nitrogens is 2. The van der Waals surface area contributed by atoms with Crippen LogP contribution in [0, 0.1) is 11.7 Å². The Morgan fingerprint density at radius 2 is 2.09 bits per heavy atom. The molecule has 2 aromatic rings. The van der Waals surface area contributed by atoms with Crippen molar-refractivity contribution in [3.05, 3.63) is 24.0 Å². The number of anilines is 1. The minimum atomic E-state index is -0.423. The van der Waals surface area contributed by atoms with Crippen LogP contribution in [0.25, 0.3) is 10.9 Å². The van der Waals surface area contributed by atoms with Gasteiger partial charge in [0.25, 0.3) is 0 Å². The first-order chi connectivity index (χ1) is 11.1. The molecule has 2 aliphatic rings. The number of nitrogens with zero attached hydrogens (tertiary/aromatic N) is 3. The van der Waals surface area contributed by atoms with Crippen LogP contribution in [-0.2, 0) is 9.59 Å². The third kappa shape index (κ3) is 2.27. The van der Waals surface area contributed by atoms with E-state index in [2.05, 4.69) is 10.2 Å². The minimum absolute atomic E-state index is 0.0265. The van der Waals surface area contributed by atoms with E-state index in [-0.39, 0.29) is 36.5 Å². The summed E-state index contributed by atoms with van der Waals surface area (Å²) in [5, 5.41) is 7.14. The number of benzene rings is 1. The van der Waals surface area contributed by atoms with Gasteiger partial charge < -0.3 is 4.90 Å². The second-order valence-corrected chi connectivity index (χ2v) is 6.15. The highest BCUT2D eigenvalue weighted by Gasteiger charge is 2.39. The summed E-state index contributed by atoms with van der Waals surface area (Å²) in [6.07, 6.45) is 2.20. The van der Waals surface area contributed by atoms with Crippen molar-refractivity contribution in [2.24, 2.45) is 5.92 Å². The second-order valence-electron chi connectivity index (χ2n) is 6.15. The van der Waals surface area contributed by atoms with Crippen LogP contribution in [0.3, 0.4) is 0 Å². The van der Waals surface area contributed by atoms with Crippen LogP contribution in [0.2, 0.25) is 0 Å². The van der Waals surface area contributed by atoms with Crippen molar-refractivity contribution in [2.75, 3.05) is 24.5 Å². The zero-order chi connectivity index (χ0) is 16.0. The van der Waals surface area contributed by atoms with E-state index in [9.17, 15) is 14.0 Å². The summed E-state index contributed by atoms with van der Waals surface area (Å²) in [5.41, 5.74) is 0.544. The maximum Gasteiger partial charge on any atom is 0.229 e. The molecule has 120 valence electrons. The van der Waals surface area contributed by atoms with Gasteiger partial charge in [-0.3, -0.25) is 19.6 Å². The fraction of sp³-hybridized carbons (Fsp3) is 0.438. The van der Waals surface area contributed by atoms with Crippen LogP contribution in [-0.4, -0.2) is 46.5 Å². The predicted octanol–water partition coefficient (Wildman–Crippen LogP) is 1.68. The topological polar surface area (TPSA) is 69.3 Å². The standard InChI is InChI=1S/C16H17FN4O2/c17-11-4-3-5-12-14(11)15(19-18-12)21-9-10(8-13(21)22)16(23)20-6-1-2-7-20/h3-5,10H,1-2,6-9H2,(H,18,19)/t10-/m1/s1. The fourth-order valence-corrected chi connectivity index (χ4v) is 3.48. The van der Waals surface area contributed by atoms with E-state index in [0.29, 0.717) is 10.9 Å². The second kappa shape index (κ2) is 5.33. The average Bonchev–Trinajstić information content (AvgIpc) is 3.25. The Hall–Kier alpha value is -2.44. The molecule has 6 nitrogen and oxygen atoms in total. The Morgan fingerprint density at radius 3 is 2.87 bits per heavy atom. The SMILES string of the molecule is O=C([C@@H]1CC(=O)N(c2n[nH]c3cccc(F)c23)C1)N1CCCC1. The van der Waals surface area contributed by atoms with Crippen LogP contribution in [0.5, 0.6) is 0 Å². The van der Waals surface area contributed by atoms with Gasteiger partial charge in [-0.25, -0.2) is 4.39 Å². The van der Waals surface area contributed by atoms with Crippen molar-refractivity contribution in [2.45, 2.75) is 19.3 Å². The smallest absolute Gasteiger partial charge is 0.229 e. The summed E-state index contributed by atoms with van der Waals surface area (Å²) in [4.78, 5) is 28.1. The Balaban J connectivity index is 1.62. The van der Waals surface area contributed by atoms with Crippen molar-refractivity contribution in [1.82, 2.24) is 15.1 Å². The highest BCUT2D eigenvalue weighted by molar-refractivity contribution is 6.05. The zero-order valence-corrected chi connectivity index (χ0v) is 12.6. The molecule has 0 unspecified atom stereocenters. The monoisotopic (exact) mass is 316 g/mol. The number of H-pyrrole nitrogens is 1. The molecular formula is C16H17FN4O2. The van der Waals surface area contributed by atoms with Gasteiger partial charge in [0.1, 0.15) is 5.82 Å². The number of hydrogen-bond acceptors (Lipinski definition) is 3. The quantitative estimate of drug-likeness (QED) is 0.916. The summed E-state index contributed by atoms with van der Waals surface area (Å²) in [6, 6.07) is 4.64. The van der Waals surface area contributed by atoms with Gasteiger partial charge >= 0.3 is 0 Å². The van der Waals surface area contributed by atoms with Gasteiger partial charge in [0.05, 0.1) is 16.8 Å². The summed E-state index contributed by atoms with van der Waals surface area (Å²) in [6.45, 7) is 1.80. The van der Waals surface area contributed by atoms with Gasteiger partial charge in [0.15, 0.2) is 5.82 Å². The molecule has 2 aliphatic heterocycles. The molecule has 0 bridgehead atoms. The van der Waals surface area contributed by atoms with E-state index in [1.807, 2.05) is 4.90 Å². The summed E-state index contributed by atoms with van der Waals surface area (Å²) < 4.78 is 14.1. The van der Waals surface area contributed by atoms with Crippen LogP contribution in [0.4, 0.5) is 10.2 Å². The van der Waals surface area contributed by atoms with Gasteiger partial charge in [-0.05, 0) is 25.0 Å². The normalized spacial score (nSPS) is 21.6. The summed E-state index contributed by atoms with van der Waals surface area (Å²) >= 11 is 0. The number of fused-ring (bicyclic) bond motifs is 1. The average molecular weight is 316 g/mol. The van der Waals surface area contributed by atoms with E-state index in [1.54, 1.807) is 12.1 Å². The third-order valence-electron chi connectivity index (χ3n) is 4.67. The molecule has 4 rings (SSSR count). The molecule has 0 saturated carbocycles. The molecule has 23 heavy (non-hydrogen) atoms. The molecule has 3 heterocycles. The maximum atomic E-state index is 14.1. The Kier molecular flexibility index (Phi) is 3.28. The lowest BCUT2D eigenvalue weighted by Gasteiger charge is -2.19. The van der Waals surface area contributed by atoms with Crippen molar-refractivity contribution >= 4 is 28.5 Å². The zero-order valence-electron chi connectivity index (χ0n) is 12.6. The molecule has 1 atom stereocenters. The van der Waals surface area contributed by atoms with Crippen LogP contribution >= 0.6 is 0 Å². The number of carbonyl (C=O) groups is 2. The first-order valence-corrected chi connectivity index (χ1v) is 7.87. The number of rotatable bonds is 2. The third-order valence-corrected chi connectivity index (χ3v) is 4.67. The molecule has 0 spiro atoms. The van der Waals surface area contributed by atoms with Crippen molar-refractivity contribution in [3.63, 3.8) is 0 Å². The lowest BCUT2D eigenvalue weighted by molar-refractivity contribution is -0.134. The molecule has 1 N–H and O–H groups in total. The molecule has 2 saturated heterocycles. The van der Waals surface area contributed by atoms with E-state index in [1.165, 1.54) is 11.0 Å². The summed E-state index contributed by atoms with van der Waals surface area (Å²) in [5.74, 6) is -0.662. The van der Waals surface area contributed by atoms with Crippen LogP contribution < -0.4 is 4.90 Å². The largest absolute Gasteiger partial charge is 0.342 e. The lowest BCUT2D eigenvalue weighted by Crippen LogP contribution is -2.35. The van der Waals surface area contributed by atoms with Crippen molar-refractivity contribution in [3.8, 4) is 0 Å². The predicted molar refractivity (Wildman–Crippen MR) is 82.3 cm³/mol. The highest BCUT2D eigenvalue weighted by Crippen LogP contribution is 2.32. The first kappa shape index (κ1) is 14.2. The molecule has 7 heteroatoms. The van der Waals surface area contributed by atoms with Crippen LogP contribution in [0.1, 0.15) is 19.3 Å². The molecule has 1 aromatic heterocycles. The Morgan fingerprint density at radius 1 is 1.30 bits per heavy atom. The van der Waals surface area contributed by atoms with Gasteiger partial charge in [-0.1, -0.05) is 6.07 Å². The van der Waals surface area contributed by atoms with Crippen molar-refractivity contribution in [1.29, 1.82) is 0 Å². The molecule has 0 radical (unpaired) electrons. The minimum Gasteiger partial charge on any atom is -0.342 e. The molecular weight excluding hydrogens is 299 g/mol. The molecule has 0 aliphatic carbocycles. The van der Waals surface area contributed by atoms with Gasteiger partial charge in [0.2, 0.25) is 11.8 Å². The van der Waals surface area contributed by atoms with Gasteiger partial charge in [0, 0.05) is 26.1 Å². The number of halogens is 1. The van der Waals surface area contributed by atoms with E-state index in [4.69, 9.17) is 0 Å². The fourth-order valence-electron chi connectivity index (χ4n) is 3.48. The highest BCUT2D eigenvalue weighted by atomic mass is 19.1. The molecule has 1 aromatic carbocycles. The number of carbonyl (C=O) groups excluding carboxylic acids is 2. The van der Waals surface area contributed by atoms with E-state index in [0.717, 1.165) is 25.9 Å². The van der Waals surface area contributed by atoms with E-state index < -0.39 is 5.82 Å². The lowest BCUT2D eigenvalue weighted by atomic mass is 10.1. The van der Waals surface area contributed by atoms with Gasteiger partial charge in [-0.2, -0.15) is 5.10 Å². The number of nitrogens with one attached hydrogen (secondary N) is 1. The Bertz CT molecular complexity index is 781. The van der Waals surface area contributed by atoms with Crippen molar-refractivity contribution < 1.29 is 14.0 Å². The molecule has 2 amide bonds. The number of hydrogen-bond donors (Lipinski definition) is 1. The summed E-state index contributed by atoms with van der Waals surface area (Å²) in [7, 11) is 0. The van der Waals surface area contributed by atoms with Gasteiger partial charge in [-0.15, -0.1) is 0 Å². The molecule has 2 fully saturated rings. The van der Waals surface area contributed by atoms with Crippen LogP contribution in [0.15, 0.2) is 18.2 Å². The Labute approximate surface area is 132 Å². The maximum absolute atomic E-state index is 14.1. The van der Waals surface area contributed by atoms with E-state index >= 15 is 0 Å².